The van der Waals surface area contributed by atoms with E-state index in [-0.39, 0.29) is 5.91 Å². The van der Waals surface area contributed by atoms with Crippen molar-refractivity contribution in [2.45, 2.75) is 39.2 Å². The number of amides is 1. The van der Waals surface area contributed by atoms with Crippen LogP contribution in [-0.4, -0.2) is 28.1 Å². The number of hydrogen-bond acceptors (Lipinski definition) is 5. The van der Waals surface area contributed by atoms with E-state index in [1.54, 1.807) is 13.8 Å². The van der Waals surface area contributed by atoms with E-state index < -0.39 is 5.54 Å². The minimum absolute atomic E-state index is 0.151. The Bertz CT molecular complexity index is 626. The highest BCUT2D eigenvalue weighted by Gasteiger charge is 2.20. The molecule has 0 radical (unpaired) electrons. The van der Waals surface area contributed by atoms with Crippen LogP contribution in [0, 0.1) is 0 Å². The second-order valence-corrected chi connectivity index (χ2v) is 5.79. The number of nitrogens with zero attached hydrogens (tertiary/aromatic N) is 2. The summed E-state index contributed by atoms with van der Waals surface area (Å²) in [5.41, 5.74) is 6.88. The predicted molar refractivity (Wildman–Crippen MR) is 84.1 cm³/mol. The van der Waals surface area contributed by atoms with Gasteiger partial charge in [0.25, 0.3) is 5.89 Å². The van der Waals surface area contributed by atoms with Gasteiger partial charge >= 0.3 is 0 Å². The highest BCUT2D eigenvalue weighted by Crippen LogP contribution is 2.18. The number of rotatable bonds is 6. The van der Waals surface area contributed by atoms with Crippen molar-refractivity contribution in [1.29, 1.82) is 0 Å². The molecule has 3 N–H and O–H groups in total. The third kappa shape index (κ3) is 4.14. The largest absolute Gasteiger partial charge is 0.354 e. The average Bonchev–Trinajstić information content (AvgIpc) is 2.96. The fraction of sp³-hybridized carbons (Fsp3) is 0.438. The molecule has 6 heteroatoms. The molecule has 0 aliphatic heterocycles. The van der Waals surface area contributed by atoms with Crippen molar-refractivity contribution in [2.75, 3.05) is 6.54 Å². The number of benzene rings is 1. The number of aryl methyl sites for hydroxylation is 1. The summed E-state index contributed by atoms with van der Waals surface area (Å²) >= 11 is 0. The molecule has 2 rings (SSSR count). The Morgan fingerprint density at radius 3 is 2.55 bits per heavy atom. The van der Waals surface area contributed by atoms with Crippen molar-refractivity contribution in [3.63, 3.8) is 0 Å². The van der Waals surface area contributed by atoms with Crippen molar-refractivity contribution in [1.82, 2.24) is 15.5 Å². The Hall–Kier alpha value is -2.21. The molecule has 2 aromatic rings. The number of carbonyl (C=O) groups excluding carboxylic acids is 1. The first kappa shape index (κ1) is 16.2. The van der Waals surface area contributed by atoms with E-state index in [0.717, 1.165) is 24.0 Å². The first-order valence-corrected chi connectivity index (χ1v) is 7.39. The minimum atomic E-state index is -0.848. The Morgan fingerprint density at radius 2 is 2.00 bits per heavy atom. The van der Waals surface area contributed by atoms with Gasteiger partial charge in [-0.1, -0.05) is 24.2 Å². The van der Waals surface area contributed by atoms with E-state index in [1.807, 2.05) is 31.2 Å². The molecule has 0 spiro atoms. The predicted octanol–water partition coefficient (Wildman–Crippen LogP) is 1.69. The van der Waals surface area contributed by atoms with Crippen molar-refractivity contribution in [3.05, 3.63) is 35.7 Å². The molecule has 6 nitrogen and oxygen atoms in total. The zero-order chi connectivity index (χ0) is 16.2. The fourth-order valence-electron chi connectivity index (χ4n) is 1.88. The van der Waals surface area contributed by atoms with Crippen LogP contribution < -0.4 is 11.1 Å². The highest BCUT2D eigenvalue weighted by molar-refractivity contribution is 5.84. The zero-order valence-corrected chi connectivity index (χ0v) is 13.2. The van der Waals surface area contributed by atoms with E-state index in [2.05, 4.69) is 15.5 Å². The van der Waals surface area contributed by atoms with Gasteiger partial charge in [0.15, 0.2) is 5.82 Å². The molecule has 0 aliphatic carbocycles. The molecule has 118 valence electrons. The van der Waals surface area contributed by atoms with Gasteiger partial charge in [-0.05, 0) is 38.0 Å². The normalized spacial score (nSPS) is 11.5. The minimum Gasteiger partial charge on any atom is -0.354 e. The molecule has 1 heterocycles. The Kier molecular flexibility index (Phi) is 4.92. The highest BCUT2D eigenvalue weighted by atomic mass is 16.5. The van der Waals surface area contributed by atoms with Crippen LogP contribution in [0.2, 0.25) is 0 Å². The lowest BCUT2D eigenvalue weighted by Gasteiger charge is -2.17. The van der Waals surface area contributed by atoms with Crippen LogP contribution in [-0.2, 0) is 17.6 Å². The second-order valence-electron chi connectivity index (χ2n) is 5.79. The van der Waals surface area contributed by atoms with E-state index in [1.165, 1.54) is 0 Å². The molecule has 0 unspecified atom stereocenters. The third-order valence-corrected chi connectivity index (χ3v) is 3.27. The summed E-state index contributed by atoms with van der Waals surface area (Å²) in [6.07, 6.45) is 1.49. The Balaban J connectivity index is 1.91. The third-order valence-electron chi connectivity index (χ3n) is 3.27. The summed E-state index contributed by atoms with van der Waals surface area (Å²) in [4.78, 5) is 16.0. The summed E-state index contributed by atoms with van der Waals surface area (Å²) < 4.78 is 5.20. The van der Waals surface area contributed by atoms with E-state index in [9.17, 15) is 4.79 Å². The molecular formula is C16H22N4O2. The standard InChI is InChI=1S/C16H22N4O2/c1-4-13-19-14(22-20-13)12-7-5-11(6-8-12)9-10-18-15(21)16(2,3)17/h5-8H,4,9-10,17H2,1-3H3,(H,18,21). The van der Waals surface area contributed by atoms with Gasteiger partial charge in [0.1, 0.15) is 0 Å². The number of aromatic nitrogens is 2. The van der Waals surface area contributed by atoms with Gasteiger partial charge in [0, 0.05) is 18.5 Å². The molecule has 1 aromatic carbocycles. The lowest BCUT2D eigenvalue weighted by Crippen LogP contribution is -2.49. The average molecular weight is 302 g/mol. The van der Waals surface area contributed by atoms with Gasteiger partial charge in [-0.2, -0.15) is 4.98 Å². The second kappa shape index (κ2) is 6.70. The first-order chi connectivity index (χ1) is 10.4. The maximum absolute atomic E-state index is 11.7. The molecule has 0 saturated heterocycles. The molecule has 0 saturated carbocycles. The van der Waals surface area contributed by atoms with Crippen LogP contribution in [0.15, 0.2) is 28.8 Å². The molecule has 0 fully saturated rings. The molecule has 0 atom stereocenters. The SMILES string of the molecule is CCc1noc(-c2ccc(CCNC(=O)C(C)(C)N)cc2)n1. The van der Waals surface area contributed by atoms with Crippen molar-refractivity contribution in [3.8, 4) is 11.5 Å². The van der Waals surface area contributed by atoms with Crippen LogP contribution >= 0.6 is 0 Å². The molecule has 0 bridgehead atoms. The number of carbonyl (C=O) groups is 1. The van der Waals surface area contributed by atoms with E-state index in [4.69, 9.17) is 10.3 Å². The lowest BCUT2D eigenvalue weighted by molar-refractivity contribution is -0.125. The first-order valence-electron chi connectivity index (χ1n) is 7.39. The number of nitrogens with one attached hydrogen (secondary N) is 1. The summed E-state index contributed by atoms with van der Waals surface area (Å²) in [5.74, 6) is 1.08. The van der Waals surface area contributed by atoms with Gasteiger partial charge in [-0.15, -0.1) is 0 Å². The van der Waals surface area contributed by atoms with Crippen molar-refractivity contribution in [2.24, 2.45) is 5.73 Å². The van der Waals surface area contributed by atoms with E-state index in [0.29, 0.717) is 18.3 Å². The van der Waals surface area contributed by atoms with Crippen LogP contribution in [0.1, 0.15) is 32.2 Å². The van der Waals surface area contributed by atoms with Gasteiger partial charge < -0.3 is 15.6 Å². The maximum atomic E-state index is 11.7. The summed E-state index contributed by atoms with van der Waals surface area (Å²) in [6, 6.07) is 7.86. The Morgan fingerprint density at radius 1 is 1.32 bits per heavy atom. The molecule has 1 aromatic heterocycles. The van der Waals surface area contributed by atoms with Crippen molar-refractivity contribution < 1.29 is 9.32 Å². The van der Waals surface area contributed by atoms with Crippen molar-refractivity contribution >= 4 is 5.91 Å². The fourth-order valence-corrected chi connectivity index (χ4v) is 1.88. The quantitative estimate of drug-likeness (QED) is 0.847. The van der Waals surface area contributed by atoms with Crippen LogP contribution in [0.3, 0.4) is 0 Å². The summed E-state index contributed by atoms with van der Waals surface area (Å²) in [7, 11) is 0. The van der Waals surface area contributed by atoms with Gasteiger partial charge in [0.05, 0.1) is 5.54 Å². The van der Waals surface area contributed by atoms with Gasteiger partial charge in [-0.3, -0.25) is 4.79 Å². The van der Waals surface area contributed by atoms with Crippen LogP contribution in [0.4, 0.5) is 0 Å². The van der Waals surface area contributed by atoms with Gasteiger partial charge in [-0.25, -0.2) is 0 Å². The zero-order valence-electron chi connectivity index (χ0n) is 13.2. The smallest absolute Gasteiger partial charge is 0.257 e. The molecule has 0 aliphatic rings. The van der Waals surface area contributed by atoms with Crippen LogP contribution in [0.5, 0.6) is 0 Å². The number of nitrogens with two attached hydrogens (primary N) is 1. The Labute approximate surface area is 130 Å². The maximum Gasteiger partial charge on any atom is 0.257 e. The summed E-state index contributed by atoms with van der Waals surface area (Å²) in [5, 5.41) is 6.70. The lowest BCUT2D eigenvalue weighted by atomic mass is 10.1. The monoisotopic (exact) mass is 302 g/mol. The summed E-state index contributed by atoms with van der Waals surface area (Å²) in [6.45, 7) is 5.91. The number of hydrogen-bond donors (Lipinski definition) is 2. The molecule has 22 heavy (non-hydrogen) atoms. The molecule has 1 amide bonds. The van der Waals surface area contributed by atoms with E-state index >= 15 is 0 Å². The molecular weight excluding hydrogens is 280 g/mol. The van der Waals surface area contributed by atoms with Gasteiger partial charge in [0.2, 0.25) is 5.91 Å². The topological polar surface area (TPSA) is 94.0 Å². The van der Waals surface area contributed by atoms with Crippen LogP contribution in [0.25, 0.3) is 11.5 Å².